The quantitative estimate of drug-likeness (QED) is 0.201. The van der Waals surface area contributed by atoms with Gasteiger partial charge in [0.05, 0.1) is 41.4 Å². The first-order valence-electron chi connectivity index (χ1n) is 15.8. The molecule has 248 valence electrons. The molecule has 2 amide bonds. The normalized spacial score (nSPS) is 14.9. The zero-order valence-electron chi connectivity index (χ0n) is 28.1. The molecule has 0 aromatic carbocycles. The van der Waals surface area contributed by atoms with Gasteiger partial charge >= 0.3 is 0 Å². The minimum Gasteiger partial charge on any atom is -0.378 e. The number of thiazole rings is 1. The first kappa shape index (κ1) is 37.6. The van der Waals surface area contributed by atoms with Crippen LogP contribution in [0.25, 0.3) is 16.6 Å². The summed E-state index contributed by atoms with van der Waals surface area (Å²) in [5.74, 6) is -0.486. The minimum atomic E-state index is -0.566. The number of nitriles is 1. The highest BCUT2D eigenvalue weighted by Gasteiger charge is 2.34. The number of amides is 2. The van der Waals surface area contributed by atoms with Gasteiger partial charge in [-0.2, -0.15) is 10.4 Å². The molecule has 2 unspecified atom stereocenters. The van der Waals surface area contributed by atoms with Crippen LogP contribution in [0.2, 0.25) is 0 Å². The van der Waals surface area contributed by atoms with Crippen LogP contribution in [0.5, 0.6) is 0 Å². The van der Waals surface area contributed by atoms with Crippen LogP contribution in [-0.2, 0) is 16.1 Å². The van der Waals surface area contributed by atoms with Crippen LogP contribution < -0.4 is 21.3 Å². The number of fused-ring (bicyclic) bond motifs is 1. The van der Waals surface area contributed by atoms with Crippen molar-refractivity contribution in [1.82, 2.24) is 24.9 Å². The summed E-state index contributed by atoms with van der Waals surface area (Å²) in [4.78, 5) is 35.7. The number of nitrogens with one attached hydrogen (secondary N) is 2. The highest BCUT2D eigenvalue weighted by atomic mass is 32.1. The fraction of sp³-hybridized carbons (Fsp3) is 0.455. The van der Waals surface area contributed by atoms with Crippen molar-refractivity contribution < 1.29 is 14.3 Å². The van der Waals surface area contributed by atoms with Crippen LogP contribution in [0.4, 0.5) is 10.8 Å². The zero-order valence-corrected chi connectivity index (χ0v) is 28.9. The van der Waals surface area contributed by atoms with Crippen molar-refractivity contribution in [3.05, 3.63) is 59.1 Å². The Hall–Kier alpha value is -4.54. The molecule has 0 aliphatic carbocycles. The number of carbonyl (C=O) groups excluding carboxylic acids is 2. The second kappa shape index (κ2) is 19.1. The summed E-state index contributed by atoms with van der Waals surface area (Å²) < 4.78 is 6.54. The van der Waals surface area contributed by atoms with E-state index in [0.717, 1.165) is 34.7 Å². The molecule has 2 atom stereocenters. The van der Waals surface area contributed by atoms with Gasteiger partial charge in [-0.3, -0.25) is 14.6 Å². The Morgan fingerprint density at radius 3 is 2.41 bits per heavy atom. The number of anilines is 2. The van der Waals surface area contributed by atoms with Gasteiger partial charge in [0.2, 0.25) is 5.91 Å². The molecule has 5 rings (SSSR count). The Morgan fingerprint density at radius 2 is 1.83 bits per heavy atom. The van der Waals surface area contributed by atoms with E-state index in [1.54, 1.807) is 16.9 Å². The molecular formula is C33H47N9O3S. The summed E-state index contributed by atoms with van der Waals surface area (Å²) in [6.45, 7) is 15.9. The van der Waals surface area contributed by atoms with E-state index in [1.165, 1.54) is 24.6 Å². The Kier molecular flexibility index (Phi) is 15.6. The number of primary amides is 1. The van der Waals surface area contributed by atoms with Crippen LogP contribution in [0.15, 0.2) is 43.0 Å². The number of carbonyl (C=O) groups is 2. The summed E-state index contributed by atoms with van der Waals surface area (Å²) in [5, 5.41) is 20.8. The monoisotopic (exact) mass is 649 g/mol. The smallest absolute Gasteiger partial charge is 0.252 e. The molecule has 1 fully saturated rings. The van der Waals surface area contributed by atoms with Gasteiger partial charge in [-0.25, -0.2) is 9.50 Å². The van der Waals surface area contributed by atoms with E-state index in [-0.39, 0.29) is 18.6 Å². The Morgan fingerprint density at radius 1 is 1.09 bits per heavy atom. The second-order valence-corrected chi connectivity index (χ2v) is 10.6. The van der Waals surface area contributed by atoms with E-state index in [2.05, 4.69) is 43.6 Å². The maximum Gasteiger partial charge on any atom is 0.252 e. The van der Waals surface area contributed by atoms with Crippen LogP contribution in [0.3, 0.4) is 0 Å². The van der Waals surface area contributed by atoms with E-state index >= 15 is 0 Å². The predicted molar refractivity (Wildman–Crippen MR) is 185 cm³/mol. The van der Waals surface area contributed by atoms with Crippen molar-refractivity contribution in [2.45, 2.75) is 67.5 Å². The summed E-state index contributed by atoms with van der Waals surface area (Å²) in [5.41, 5.74) is 9.86. The largest absolute Gasteiger partial charge is 0.378 e. The van der Waals surface area contributed by atoms with Gasteiger partial charge < -0.3 is 26.0 Å². The molecule has 5 heterocycles. The van der Waals surface area contributed by atoms with E-state index < -0.39 is 5.91 Å². The van der Waals surface area contributed by atoms with Gasteiger partial charge in [0.1, 0.15) is 17.6 Å². The topological polar surface area (TPSA) is 164 Å². The van der Waals surface area contributed by atoms with Crippen LogP contribution in [0, 0.1) is 17.2 Å². The molecule has 12 nitrogen and oxygen atoms in total. The molecule has 4 N–H and O–H groups in total. The fourth-order valence-electron chi connectivity index (χ4n) is 4.88. The van der Waals surface area contributed by atoms with Gasteiger partial charge in [-0.05, 0) is 24.5 Å². The third-order valence-corrected chi connectivity index (χ3v) is 7.93. The number of nitrogens with two attached hydrogens (primary N) is 1. The summed E-state index contributed by atoms with van der Waals surface area (Å²) >= 11 is 1.38. The predicted octanol–water partition coefficient (Wildman–Crippen LogP) is 5.49. The van der Waals surface area contributed by atoms with Crippen LogP contribution >= 0.6 is 11.3 Å². The molecule has 0 bridgehead atoms. The van der Waals surface area contributed by atoms with Crippen molar-refractivity contribution in [3.8, 4) is 17.2 Å². The number of methoxy groups -OCH3 is 1. The summed E-state index contributed by atoms with van der Waals surface area (Å²) in [6, 6.07) is 7.90. The van der Waals surface area contributed by atoms with Crippen molar-refractivity contribution >= 4 is 39.5 Å². The molecule has 1 saturated heterocycles. The molecule has 1 aliphatic heterocycles. The summed E-state index contributed by atoms with van der Waals surface area (Å²) in [6.07, 6.45) is 7.62. The van der Waals surface area contributed by atoms with Gasteiger partial charge in [-0.1, -0.05) is 65.9 Å². The van der Waals surface area contributed by atoms with Crippen molar-refractivity contribution in [1.29, 1.82) is 5.26 Å². The SMILES string of the molecule is CC.CC.CC.CCC1CN(c2ncc(C#N)s2)CC1Nc1c(C(N)=O)cnn2cc(-c3ccc(CNC(=O)COC)nc3)cc12. The van der Waals surface area contributed by atoms with E-state index in [4.69, 9.17) is 10.5 Å². The van der Waals surface area contributed by atoms with Crippen molar-refractivity contribution in [3.63, 3.8) is 0 Å². The lowest BCUT2D eigenvalue weighted by molar-refractivity contribution is -0.124. The Balaban J connectivity index is 0.00000116. The lowest BCUT2D eigenvalue weighted by Crippen LogP contribution is -2.30. The standard InChI is InChI=1S/C27H29N9O3S.3C2H6/c1-3-16-12-35(27-32-10-20(7-28)40-27)14-22(16)34-25-21(26(29)38)11-33-36-13-18(6-23(25)36)17-4-5-19(30-8-17)9-31-24(37)15-39-2;3*1-2/h4-6,8,10-11,13,16,22,34H,3,9,12,14-15H2,1-2H3,(H2,29,38)(H,31,37);3*1-2H3. The molecule has 0 radical (unpaired) electrons. The van der Waals surface area contributed by atoms with Crippen molar-refractivity contribution in [2.75, 3.05) is 37.0 Å². The first-order chi connectivity index (χ1) is 22.4. The molecule has 13 heteroatoms. The Bertz CT molecular complexity index is 1580. The first-order valence-corrected chi connectivity index (χ1v) is 16.6. The molecule has 0 spiro atoms. The average molecular weight is 650 g/mol. The average Bonchev–Trinajstić information content (AvgIpc) is 3.85. The molecule has 0 saturated carbocycles. The molecule has 1 aliphatic rings. The molecule has 4 aromatic rings. The molecule has 4 aromatic heterocycles. The number of hydrogen-bond acceptors (Lipinski definition) is 10. The molecule has 46 heavy (non-hydrogen) atoms. The lowest BCUT2D eigenvalue weighted by atomic mass is 10.00. The maximum absolute atomic E-state index is 12.4. The van der Waals surface area contributed by atoms with Crippen LogP contribution in [-0.4, -0.2) is 64.2 Å². The van der Waals surface area contributed by atoms with E-state index in [1.807, 2.05) is 65.9 Å². The van der Waals surface area contributed by atoms with Crippen molar-refractivity contribution in [2.24, 2.45) is 11.7 Å². The van der Waals surface area contributed by atoms with Crippen LogP contribution in [0.1, 0.15) is 75.8 Å². The third-order valence-electron chi connectivity index (χ3n) is 6.97. The molecular weight excluding hydrogens is 602 g/mol. The highest BCUT2D eigenvalue weighted by Crippen LogP contribution is 2.34. The van der Waals surface area contributed by atoms with E-state index in [0.29, 0.717) is 40.8 Å². The maximum atomic E-state index is 12.4. The van der Waals surface area contributed by atoms with Gasteiger partial charge in [0, 0.05) is 49.8 Å². The van der Waals surface area contributed by atoms with Gasteiger partial charge in [0.15, 0.2) is 5.13 Å². The zero-order chi connectivity index (χ0) is 34.2. The fourth-order valence-corrected chi connectivity index (χ4v) is 5.61. The number of rotatable bonds is 10. The number of nitrogens with zero attached hydrogens (tertiary/aromatic N) is 6. The number of hydrogen-bond donors (Lipinski definition) is 3. The second-order valence-electron chi connectivity index (χ2n) is 9.55. The summed E-state index contributed by atoms with van der Waals surface area (Å²) in [7, 11) is 1.47. The third kappa shape index (κ3) is 9.24. The Labute approximate surface area is 276 Å². The number of ether oxygens (including phenoxy) is 1. The minimum absolute atomic E-state index is 0.00297. The van der Waals surface area contributed by atoms with Gasteiger partial charge in [0.25, 0.3) is 5.91 Å². The van der Waals surface area contributed by atoms with E-state index in [9.17, 15) is 14.9 Å². The number of pyridine rings is 1. The highest BCUT2D eigenvalue weighted by molar-refractivity contribution is 7.16. The lowest BCUT2D eigenvalue weighted by Gasteiger charge is -2.21. The van der Waals surface area contributed by atoms with Gasteiger partial charge in [-0.15, -0.1) is 0 Å². The number of aromatic nitrogens is 4.